The summed E-state index contributed by atoms with van der Waals surface area (Å²) < 4.78 is 31.0. The van der Waals surface area contributed by atoms with E-state index in [9.17, 15) is 9.18 Å². The molecule has 148 valence electrons. The second-order valence-corrected chi connectivity index (χ2v) is 6.88. The average molecular weight is 386 g/mol. The minimum Gasteiger partial charge on any atom is -0.493 e. The number of piperazine rings is 1. The number of hydrogen-bond donors (Lipinski definition) is 1. The Labute approximate surface area is 163 Å². The number of carbonyl (C=O) groups is 1. The zero-order valence-corrected chi connectivity index (χ0v) is 16.0. The first-order valence-electron chi connectivity index (χ1n) is 9.31. The van der Waals surface area contributed by atoms with Gasteiger partial charge in [-0.1, -0.05) is 0 Å². The first kappa shape index (κ1) is 18.6. The van der Waals surface area contributed by atoms with Crippen LogP contribution >= 0.6 is 0 Å². The molecule has 1 fully saturated rings. The van der Waals surface area contributed by atoms with Crippen molar-refractivity contribution in [2.45, 2.75) is 12.5 Å². The molecule has 2 heterocycles. The molecule has 1 N–H and O–H groups in total. The quantitative estimate of drug-likeness (QED) is 0.872. The molecule has 0 saturated carbocycles. The SMILES string of the molecule is COc1cc(F)c(C2CC(=O)c3cc(N4CCNCC4)ccc3O2)cc1OC. The van der Waals surface area contributed by atoms with Crippen LogP contribution in [-0.2, 0) is 0 Å². The van der Waals surface area contributed by atoms with Crippen molar-refractivity contribution in [3.8, 4) is 17.2 Å². The minimum absolute atomic E-state index is 0.0579. The van der Waals surface area contributed by atoms with Crippen LogP contribution in [0.25, 0.3) is 0 Å². The largest absolute Gasteiger partial charge is 0.493 e. The molecule has 2 aliphatic heterocycles. The topological polar surface area (TPSA) is 60.0 Å². The van der Waals surface area contributed by atoms with Gasteiger partial charge in [0.15, 0.2) is 17.3 Å². The summed E-state index contributed by atoms with van der Waals surface area (Å²) in [4.78, 5) is 15.0. The Bertz CT molecular complexity index is 896. The molecular weight excluding hydrogens is 363 g/mol. The number of anilines is 1. The molecule has 0 spiro atoms. The van der Waals surface area contributed by atoms with Crippen LogP contribution in [0.5, 0.6) is 17.2 Å². The van der Waals surface area contributed by atoms with E-state index in [-0.39, 0.29) is 17.8 Å². The molecule has 0 amide bonds. The van der Waals surface area contributed by atoms with Crippen molar-refractivity contribution in [1.82, 2.24) is 5.32 Å². The van der Waals surface area contributed by atoms with E-state index >= 15 is 0 Å². The molecule has 4 rings (SSSR count). The highest BCUT2D eigenvalue weighted by molar-refractivity contribution is 6.01. The standard InChI is InChI=1S/C21H23FN2O4/c1-26-20-10-14(16(22)11-21(20)27-2)19-12-17(25)15-9-13(3-4-18(15)28-19)24-7-5-23-6-8-24/h3-4,9-11,19,23H,5-8,12H2,1-2H3. The van der Waals surface area contributed by atoms with Gasteiger partial charge in [0.05, 0.1) is 26.2 Å². The van der Waals surface area contributed by atoms with Gasteiger partial charge in [-0.3, -0.25) is 4.79 Å². The predicted molar refractivity (Wildman–Crippen MR) is 103 cm³/mol. The number of ether oxygens (including phenoxy) is 3. The lowest BCUT2D eigenvalue weighted by molar-refractivity contribution is 0.0845. The minimum atomic E-state index is -0.704. The van der Waals surface area contributed by atoms with Crippen LogP contribution in [0, 0.1) is 5.82 Å². The number of nitrogens with one attached hydrogen (secondary N) is 1. The Kier molecular flexibility index (Phi) is 5.09. The second-order valence-electron chi connectivity index (χ2n) is 6.88. The van der Waals surface area contributed by atoms with Gasteiger partial charge in [-0.05, 0) is 24.3 Å². The van der Waals surface area contributed by atoms with Crippen LogP contribution in [-0.4, -0.2) is 46.2 Å². The Morgan fingerprint density at radius 3 is 2.54 bits per heavy atom. The summed E-state index contributed by atoms with van der Waals surface area (Å²) in [6.07, 6.45) is -0.630. The van der Waals surface area contributed by atoms with Gasteiger partial charge in [0, 0.05) is 43.5 Å². The monoisotopic (exact) mass is 386 g/mol. The summed E-state index contributed by atoms with van der Waals surface area (Å²) in [6, 6.07) is 8.42. The van der Waals surface area contributed by atoms with Gasteiger partial charge in [0.25, 0.3) is 0 Å². The molecule has 6 nitrogen and oxygen atoms in total. The van der Waals surface area contributed by atoms with Crippen molar-refractivity contribution in [1.29, 1.82) is 0 Å². The predicted octanol–water partition coefficient (Wildman–Crippen LogP) is 2.96. The van der Waals surface area contributed by atoms with E-state index in [0.29, 0.717) is 22.8 Å². The highest BCUT2D eigenvalue weighted by atomic mass is 19.1. The average Bonchev–Trinajstić information content (AvgIpc) is 2.73. The van der Waals surface area contributed by atoms with Crippen LogP contribution in [0.15, 0.2) is 30.3 Å². The van der Waals surface area contributed by atoms with Crippen LogP contribution in [0.4, 0.5) is 10.1 Å². The number of methoxy groups -OCH3 is 2. The summed E-state index contributed by atoms with van der Waals surface area (Å²) in [6.45, 7) is 3.63. The van der Waals surface area contributed by atoms with Crippen molar-refractivity contribution >= 4 is 11.5 Å². The van der Waals surface area contributed by atoms with E-state index in [1.807, 2.05) is 12.1 Å². The third-order valence-corrected chi connectivity index (χ3v) is 5.24. The van der Waals surface area contributed by atoms with E-state index in [0.717, 1.165) is 31.9 Å². The first-order valence-corrected chi connectivity index (χ1v) is 9.31. The molecule has 0 bridgehead atoms. The lowest BCUT2D eigenvalue weighted by Gasteiger charge is -2.31. The normalized spacial score (nSPS) is 19.0. The summed E-state index contributed by atoms with van der Waals surface area (Å²) in [5, 5.41) is 3.31. The Morgan fingerprint density at radius 1 is 1.11 bits per heavy atom. The lowest BCUT2D eigenvalue weighted by Crippen LogP contribution is -2.43. The van der Waals surface area contributed by atoms with Gasteiger partial charge < -0.3 is 24.4 Å². The van der Waals surface area contributed by atoms with Crippen molar-refractivity contribution in [2.24, 2.45) is 0 Å². The van der Waals surface area contributed by atoms with Gasteiger partial charge in [0.1, 0.15) is 17.7 Å². The fourth-order valence-electron chi connectivity index (χ4n) is 3.72. The van der Waals surface area contributed by atoms with E-state index in [1.165, 1.54) is 26.4 Å². The first-order chi connectivity index (χ1) is 13.6. The molecule has 7 heteroatoms. The zero-order chi connectivity index (χ0) is 19.7. The molecular formula is C21H23FN2O4. The second kappa shape index (κ2) is 7.67. The number of halogens is 1. The number of hydrogen-bond acceptors (Lipinski definition) is 6. The van der Waals surface area contributed by atoms with Crippen molar-refractivity contribution in [2.75, 3.05) is 45.3 Å². The van der Waals surface area contributed by atoms with E-state index in [4.69, 9.17) is 14.2 Å². The van der Waals surface area contributed by atoms with E-state index < -0.39 is 11.9 Å². The zero-order valence-electron chi connectivity index (χ0n) is 16.0. The Balaban J connectivity index is 1.63. The summed E-state index contributed by atoms with van der Waals surface area (Å²) in [5.41, 5.74) is 1.84. The Hall–Kier alpha value is -2.80. The van der Waals surface area contributed by atoms with Crippen molar-refractivity contribution in [3.63, 3.8) is 0 Å². The van der Waals surface area contributed by atoms with Crippen molar-refractivity contribution < 1.29 is 23.4 Å². The molecule has 1 saturated heterocycles. The molecule has 0 aromatic heterocycles. The molecule has 2 aromatic carbocycles. The third kappa shape index (κ3) is 3.38. The molecule has 28 heavy (non-hydrogen) atoms. The molecule has 1 atom stereocenters. The highest BCUT2D eigenvalue weighted by Gasteiger charge is 2.31. The number of rotatable bonds is 4. The molecule has 0 radical (unpaired) electrons. The summed E-state index contributed by atoms with van der Waals surface area (Å²) in [7, 11) is 2.93. The summed E-state index contributed by atoms with van der Waals surface area (Å²) >= 11 is 0. The fourth-order valence-corrected chi connectivity index (χ4v) is 3.72. The van der Waals surface area contributed by atoms with Gasteiger partial charge in [-0.2, -0.15) is 0 Å². The molecule has 1 unspecified atom stereocenters. The maximum absolute atomic E-state index is 14.6. The number of ketones is 1. The number of nitrogens with zero attached hydrogens (tertiary/aromatic N) is 1. The molecule has 2 aliphatic rings. The van der Waals surface area contributed by atoms with Crippen molar-refractivity contribution in [3.05, 3.63) is 47.3 Å². The maximum atomic E-state index is 14.6. The number of Topliss-reactive ketones (excluding diaryl/α,β-unsaturated/α-hetero) is 1. The lowest BCUT2D eigenvalue weighted by atomic mass is 9.95. The number of carbonyl (C=O) groups excluding carboxylic acids is 1. The molecule has 2 aromatic rings. The van der Waals surface area contributed by atoms with Gasteiger partial charge in [-0.25, -0.2) is 4.39 Å². The van der Waals surface area contributed by atoms with Gasteiger partial charge >= 0.3 is 0 Å². The van der Waals surface area contributed by atoms with Crippen LogP contribution < -0.4 is 24.4 Å². The van der Waals surface area contributed by atoms with Gasteiger partial charge in [-0.15, -0.1) is 0 Å². The molecule has 0 aliphatic carbocycles. The Morgan fingerprint density at radius 2 is 1.82 bits per heavy atom. The smallest absolute Gasteiger partial charge is 0.170 e. The fraction of sp³-hybridized carbons (Fsp3) is 0.381. The van der Waals surface area contributed by atoms with E-state index in [2.05, 4.69) is 10.2 Å². The highest BCUT2D eigenvalue weighted by Crippen LogP contribution is 2.40. The van der Waals surface area contributed by atoms with Crippen LogP contribution in [0.2, 0.25) is 0 Å². The summed E-state index contributed by atoms with van der Waals surface area (Å²) in [5.74, 6) is 0.629. The van der Waals surface area contributed by atoms with Crippen LogP contribution in [0.1, 0.15) is 28.4 Å². The van der Waals surface area contributed by atoms with Crippen LogP contribution in [0.3, 0.4) is 0 Å². The number of fused-ring (bicyclic) bond motifs is 1. The third-order valence-electron chi connectivity index (χ3n) is 5.24. The maximum Gasteiger partial charge on any atom is 0.170 e. The number of benzene rings is 2. The van der Waals surface area contributed by atoms with E-state index in [1.54, 1.807) is 6.07 Å². The van der Waals surface area contributed by atoms with Gasteiger partial charge in [0.2, 0.25) is 0 Å².